The molecule has 2 amide bonds. The molecule has 1 saturated heterocycles. The second-order valence-corrected chi connectivity index (χ2v) is 11.7. The Labute approximate surface area is 258 Å². The summed E-state index contributed by atoms with van der Waals surface area (Å²) < 4.78 is 22.7. The lowest BCUT2D eigenvalue weighted by molar-refractivity contribution is -0.174. The van der Waals surface area contributed by atoms with Gasteiger partial charge in [0.25, 0.3) is 0 Å². The Bertz CT molecular complexity index is 1310. The van der Waals surface area contributed by atoms with Crippen molar-refractivity contribution >= 4 is 23.8 Å². The van der Waals surface area contributed by atoms with Gasteiger partial charge in [-0.15, -0.1) is 0 Å². The topological polar surface area (TPSA) is 133 Å². The van der Waals surface area contributed by atoms with Gasteiger partial charge < -0.3 is 29.6 Å². The second-order valence-electron chi connectivity index (χ2n) is 11.7. The number of carbonyl (C=O) groups excluding carboxylic acids is 4. The quantitative estimate of drug-likeness (QED) is 0.342. The molecule has 2 N–H and O–H groups in total. The van der Waals surface area contributed by atoms with Crippen molar-refractivity contribution in [3.63, 3.8) is 0 Å². The molecule has 236 valence electrons. The number of ether oxygens (including phenoxy) is 4. The van der Waals surface area contributed by atoms with Gasteiger partial charge in [0.1, 0.15) is 24.0 Å². The van der Waals surface area contributed by atoms with E-state index in [1.807, 2.05) is 63.2 Å². The molecule has 2 aromatic carbocycles. The Morgan fingerprint density at radius 1 is 0.955 bits per heavy atom. The van der Waals surface area contributed by atoms with E-state index in [-0.39, 0.29) is 56.3 Å². The van der Waals surface area contributed by atoms with Crippen molar-refractivity contribution in [3.05, 3.63) is 77.9 Å². The zero-order chi connectivity index (χ0) is 31.6. The molecule has 0 spiro atoms. The van der Waals surface area contributed by atoms with Crippen LogP contribution >= 0.6 is 0 Å². The third-order valence-corrected chi connectivity index (χ3v) is 7.75. The first-order valence-corrected chi connectivity index (χ1v) is 15.1. The number of esters is 2. The van der Waals surface area contributed by atoms with E-state index in [2.05, 4.69) is 10.6 Å². The van der Waals surface area contributed by atoms with Crippen LogP contribution in [0.15, 0.2) is 66.7 Å². The number of amides is 2. The molecule has 2 heterocycles. The summed E-state index contributed by atoms with van der Waals surface area (Å²) in [7, 11) is 1.57. The van der Waals surface area contributed by atoms with Gasteiger partial charge in [-0.1, -0.05) is 69.3 Å². The zero-order valence-corrected chi connectivity index (χ0v) is 25.7. The Morgan fingerprint density at radius 3 is 2.36 bits per heavy atom. The lowest BCUT2D eigenvalue weighted by Crippen LogP contribution is -2.48. The summed E-state index contributed by atoms with van der Waals surface area (Å²) >= 11 is 0. The van der Waals surface area contributed by atoms with Crippen molar-refractivity contribution in [2.45, 2.75) is 76.9 Å². The highest BCUT2D eigenvalue weighted by atomic mass is 16.6. The van der Waals surface area contributed by atoms with E-state index in [0.717, 1.165) is 11.1 Å². The number of benzene rings is 2. The SMILES string of the molecule is COc1ccc(C[C@H]2NC(=O)/C=C/C[C@@H](C(C)[C@H]3O[C@@H]3c3ccccc3)OC(=O)[C@H](CC(C)C)OC(=O)CCNC2=O)cc1. The van der Waals surface area contributed by atoms with E-state index >= 15 is 0 Å². The van der Waals surface area contributed by atoms with Crippen LogP contribution in [0, 0.1) is 11.8 Å². The highest BCUT2D eigenvalue weighted by molar-refractivity contribution is 5.93. The van der Waals surface area contributed by atoms with Crippen molar-refractivity contribution in [3.8, 4) is 5.75 Å². The van der Waals surface area contributed by atoms with Crippen LogP contribution in [0.5, 0.6) is 5.75 Å². The molecular formula is C34H42N2O8. The molecule has 2 aliphatic rings. The molecule has 0 bridgehead atoms. The highest BCUT2D eigenvalue weighted by Crippen LogP contribution is 2.45. The molecule has 0 aliphatic carbocycles. The molecule has 44 heavy (non-hydrogen) atoms. The van der Waals surface area contributed by atoms with Gasteiger partial charge in [0.05, 0.1) is 19.6 Å². The number of cyclic esters (lactones) is 2. The zero-order valence-electron chi connectivity index (χ0n) is 25.7. The summed E-state index contributed by atoms with van der Waals surface area (Å²) in [4.78, 5) is 52.2. The number of epoxide rings is 1. The van der Waals surface area contributed by atoms with Crippen molar-refractivity contribution in [1.82, 2.24) is 10.6 Å². The van der Waals surface area contributed by atoms with Gasteiger partial charge in [0, 0.05) is 25.3 Å². The molecule has 1 fully saturated rings. The van der Waals surface area contributed by atoms with E-state index < -0.39 is 42.0 Å². The van der Waals surface area contributed by atoms with Crippen molar-refractivity contribution in [2.24, 2.45) is 11.8 Å². The fraction of sp³-hybridized carbons (Fsp3) is 0.471. The van der Waals surface area contributed by atoms with Gasteiger partial charge in [-0.2, -0.15) is 0 Å². The van der Waals surface area contributed by atoms with Crippen LogP contribution in [0.3, 0.4) is 0 Å². The maximum Gasteiger partial charge on any atom is 0.347 e. The van der Waals surface area contributed by atoms with Gasteiger partial charge in [0.15, 0.2) is 6.10 Å². The summed E-state index contributed by atoms with van der Waals surface area (Å²) in [5.41, 5.74) is 1.85. The lowest BCUT2D eigenvalue weighted by Gasteiger charge is -2.26. The molecule has 10 nitrogen and oxygen atoms in total. The summed E-state index contributed by atoms with van der Waals surface area (Å²) in [6.45, 7) is 5.77. The van der Waals surface area contributed by atoms with Gasteiger partial charge in [-0.3, -0.25) is 14.4 Å². The standard InChI is InChI=1S/C34H42N2O8/c1-21(2)19-28-34(40)43-27(22(3)31-32(44-31)24-9-6-5-7-10-24)11-8-12-29(37)36-26(33(39)35-18-17-30(38)42-28)20-23-13-15-25(41-4)16-14-23/h5-10,12-16,21-22,26-28,31-32H,11,17-20H2,1-4H3,(H,35,39)(H,36,37)/b12-8+/t22?,26-,27+,28+,31-,32-/m1/s1. The van der Waals surface area contributed by atoms with Crippen molar-refractivity contribution < 1.29 is 38.1 Å². The summed E-state index contributed by atoms with van der Waals surface area (Å²) in [6.07, 6.45) is 1.50. The normalized spacial score (nSPS) is 26.5. The molecule has 0 saturated carbocycles. The third kappa shape index (κ3) is 9.41. The fourth-order valence-corrected chi connectivity index (χ4v) is 5.23. The van der Waals surface area contributed by atoms with E-state index in [1.54, 1.807) is 25.3 Å². The molecular weight excluding hydrogens is 564 g/mol. The maximum absolute atomic E-state index is 13.3. The lowest BCUT2D eigenvalue weighted by atomic mass is 9.93. The predicted octanol–water partition coefficient (Wildman–Crippen LogP) is 3.83. The average Bonchev–Trinajstić information content (AvgIpc) is 3.81. The van der Waals surface area contributed by atoms with E-state index in [1.165, 1.54) is 6.08 Å². The van der Waals surface area contributed by atoms with E-state index in [0.29, 0.717) is 5.75 Å². The van der Waals surface area contributed by atoms with Crippen LogP contribution in [-0.2, 0) is 39.8 Å². The largest absolute Gasteiger partial charge is 0.497 e. The molecule has 0 radical (unpaired) electrons. The minimum absolute atomic E-state index is 0.0223. The number of nitrogens with one attached hydrogen (secondary N) is 2. The minimum Gasteiger partial charge on any atom is -0.497 e. The Kier molecular flexibility index (Phi) is 11.5. The monoisotopic (exact) mass is 606 g/mol. The molecule has 4 rings (SSSR count). The maximum atomic E-state index is 13.3. The third-order valence-electron chi connectivity index (χ3n) is 7.75. The number of hydrogen-bond acceptors (Lipinski definition) is 8. The van der Waals surface area contributed by atoms with Gasteiger partial charge >= 0.3 is 11.9 Å². The Balaban J connectivity index is 1.54. The Hall–Kier alpha value is -4.18. The first kappa shape index (κ1) is 32.7. The van der Waals surface area contributed by atoms with E-state index in [4.69, 9.17) is 18.9 Å². The van der Waals surface area contributed by atoms with Crippen molar-refractivity contribution in [2.75, 3.05) is 13.7 Å². The summed E-state index contributed by atoms with van der Waals surface area (Å²) in [5.74, 6) is -1.67. The number of hydrogen-bond donors (Lipinski definition) is 2. The number of methoxy groups -OCH3 is 1. The van der Waals surface area contributed by atoms with Crippen LogP contribution in [-0.4, -0.2) is 61.8 Å². The van der Waals surface area contributed by atoms with Gasteiger partial charge in [0.2, 0.25) is 11.8 Å². The first-order valence-electron chi connectivity index (χ1n) is 15.1. The molecule has 2 aliphatic heterocycles. The fourth-order valence-electron chi connectivity index (χ4n) is 5.23. The highest BCUT2D eigenvalue weighted by Gasteiger charge is 2.47. The van der Waals surface area contributed by atoms with Gasteiger partial charge in [-0.05, 0) is 41.7 Å². The Morgan fingerprint density at radius 2 is 1.68 bits per heavy atom. The van der Waals surface area contributed by atoms with Crippen LogP contribution in [0.25, 0.3) is 0 Å². The predicted molar refractivity (Wildman–Crippen MR) is 162 cm³/mol. The minimum atomic E-state index is -1.10. The summed E-state index contributed by atoms with van der Waals surface area (Å²) in [6, 6.07) is 16.1. The molecule has 2 aromatic rings. The van der Waals surface area contributed by atoms with E-state index in [9.17, 15) is 19.2 Å². The molecule has 0 aromatic heterocycles. The first-order chi connectivity index (χ1) is 21.1. The number of rotatable bonds is 8. The molecule has 10 heteroatoms. The smallest absolute Gasteiger partial charge is 0.347 e. The average molecular weight is 607 g/mol. The van der Waals surface area contributed by atoms with Gasteiger partial charge in [-0.25, -0.2) is 4.79 Å². The van der Waals surface area contributed by atoms with Crippen LogP contribution in [0.4, 0.5) is 0 Å². The molecule has 6 atom stereocenters. The summed E-state index contributed by atoms with van der Waals surface area (Å²) in [5, 5.41) is 5.47. The van der Waals surface area contributed by atoms with Crippen LogP contribution in [0.1, 0.15) is 57.3 Å². The van der Waals surface area contributed by atoms with Crippen LogP contribution in [0.2, 0.25) is 0 Å². The van der Waals surface area contributed by atoms with Crippen molar-refractivity contribution in [1.29, 1.82) is 0 Å². The van der Waals surface area contributed by atoms with Crippen LogP contribution < -0.4 is 15.4 Å². The second kappa shape index (κ2) is 15.5. The molecule has 1 unspecified atom stereocenters. The number of carbonyl (C=O) groups is 4.